The van der Waals surface area contributed by atoms with E-state index < -0.39 is 0 Å². The van der Waals surface area contributed by atoms with Crippen LogP contribution in [-0.4, -0.2) is 14.8 Å². The zero-order valence-corrected chi connectivity index (χ0v) is 18.0. The minimum Gasteiger partial charge on any atom is -0.298 e. The van der Waals surface area contributed by atoms with Crippen molar-refractivity contribution in [2.75, 3.05) is 0 Å². The van der Waals surface area contributed by atoms with Crippen molar-refractivity contribution < 1.29 is 4.39 Å². The van der Waals surface area contributed by atoms with Crippen LogP contribution >= 0.6 is 34.7 Å². The molecule has 0 spiro atoms. The van der Waals surface area contributed by atoms with Crippen LogP contribution in [0.25, 0.3) is 11.4 Å². The van der Waals surface area contributed by atoms with Crippen molar-refractivity contribution in [3.63, 3.8) is 0 Å². The second-order valence-corrected chi connectivity index (χ2v) is 9.41. The summed E-state index contributed by atoms with van der Waals surface area (Å²) in [7, 11) is 0. The summed E-state index contributed by atoms with van der Waals surface area (Å²) in [5.41, 5.74) is 3.08. The van der Waals surface area contributed by atoms with Gasteiger partial charge in [0.15, 0.2) is 11.0 Å². The van der Waals surface area contributed by atoms with E-state index in [0.717, 1.165) is 29.7 Å². The fraction of sp³-hybridized carbons (Fsp3) is 0.333. The van der Waals surface area contributed by atoms with Gasteiger partial charge in [-0.2, -0.15) is 0 Å². The summed E-state index contributed by atoms with van der Waals surface area (Å²) in [6, 6.07) is 4.75. The van der Waals surface area contributed by atoms with E-state index in [4.69, 9.17) is 11.6 Å². The highest BCUT2D eigenvalue weighted by molar-refractivity contribution is 7.98. The molecular weight excluding hydrogens is 413 g/mol. The predicted octanol–water partition coefficient (Wildman–Crippen LogP) is 6.40. The monoisotopic (exact) mass is 433 g/mol. The van der Waals surface area contributed by atoms with Gasteiger partial charge in [0.05, 0.1) is 0 Å². The molecule has 28 heavy (non-hydrogen) atoms. The number of aromatic nitrogens is 3. The predicted molar refractivity (Wildman–Crippen MR) is 116 cm³/mol. The molecule has 0 N–H and O–H groups in total. The average molecular weight is 434 g/mol. The Morgan fingerprint density at radius 2 is 2.29 bits per heavy atom. The molecule has 0 unspecified atom stereocenters. The second-order valence-electron chi connectivity index (χ2n) is 7.09. The molecule has 0 bridgehead atoms. The molecule has 1 aromatic carbocycles. The highest BCUT2D eigenvalue weighted by Gasteiger charge is 2.24. The zero-order chi connectivity index (χ0) is 19.7. The van der Waals surface area contributed by atoms with Crippen molar-refractivity contribution in [3.05, 3.63) is 63.1 Å². The molecule has 2 heterocycles. The minimum atomic E-state index is -0.295. The fourth-order valence-electron chi connectivity index (χ4n) is 3.56. The summed E-state index contributed by atoms with van der Waals surface area (Å²) in [4.78, 5) is 1.47. The first-order chi connectivity index (χ1) is 13.6. The van der Waals surface area contributed by atoms with Gasteiger partial charge in [0.25, 0.3) is 0 Å². The normalized spacial score (nSPS) is 16.2. The Hall–Kier alpha value is -1.63. The molecule has 146 valence electrons. The second kappa shape index (κ2) is 8.39. The standard InChI is InChI=1S/C21H21ClFN3S2/c1-3-9-26-20(15-11-27-19-10-13(2)7-8-14(15)19)24-25-21(26)28-12-16-17(22)5-4-6-18(16)23/h3-6,11,13H,1,7-10,12H2,2H3/t13-/m0/s1. The molecule has 4 rings (SSSR count). The SMILES string of the molecule is C=CCn1c(SCc2c(F)cccc2Cl)nnc1-c1csc2c1CC[C@H](C)C2. The molecule has 0 saturated heterocycles. The Morgan fingerprint density at radius 1 is 1.43 bits per heavy atom. The first-order valence-electron chi connectivity index (χ1n) is 9.27. The Kier molecular flexibility index (Phi) is 5.90. The van der Waals surface area contributed by atoms with Crippen LogP contribution in [0.5, 0.6) is 0 Å². The number of hydrogen-bond acceptors (Lipinski definition) is 4. The van der Waals surface area contributed by atoms with Gasteiger partial charge >= 0.3 is 0 Å². The van der Waals surface area contributed by atoms with Gasteiger partial charge in [0, 0.05) is 38.7 Å². The molecule has 1 atom stereocenters. The first kappa shape index (κ1) is 19.7. The van der Waals surface area contributed by atoms with Crippen LogP contribution in [0.15, 0.2) is 41.4 Å². The van der Waals surface area contributed by atoms with Gasteiger partial charge < -0.3 is 0 Å². The third-order valence-electron chi connectivity index (χ3n) is 5.08. The fourth-order valence-corrected chi connectivity index (χ4v) is 6.09. The third kappa shape index (κ3) is 3.78. The van der Waals surface area contributed by atoms with Gasteiger partial charge in [0.1, 0.15) is 5.82 Å². The van der Waals surface area contributed by atoms with Crippen LogP contribution in [0.2, 0.25) is 5.02 Å². The molecule has 0 aliphatic heterocycles. The van der Waals surface area contributed by atoms with Gasteiger partial charge in [-0.15, -0.1) is 28.1 Å². The van der Waals surface area contributed by atoms with Crippen LogP contribution in [0.3, 0.4) is 0 Å². The molecule has 7 heteroatoms. The average Bonchev–Trinajstić information content (AvgIpc) is 3.25. The van der Waals surface area contributed by atoms with Gasteiger partial charge in [-0.3, -0.25) is 4.57 Å². The summed E-state index contributed by atoms with van der Waals surface area (Å²) in [6.45, 7) is 6.80. The molecule has 3 nitrogen and oxygen atoms in total. The molecule has 1 aliphatic rings. The van der Waals surface area contributed by atoms with Crippen LogP contribution in [0.4, 0.5) is 4.39 Å². The lowest BCUT2D eigenvalue weighted by Gasteiger charge is -2.19. The van der Waals surface area contributed by atoms with E-state index in [1.54, 1.807) is 12.1 Å². The summed E-state index contributed by atoms with van der Waals surface area (Å²) in [5.74, 6) is 1.71. The van der Waals surface area contributed by atoms with Crippen molar-refractivity contribution >= 4 is 34.7 Å². The maximum absolute atomic E-state index is 14.1. The number of nitrogens with zero attached hydrogens (tertiary/aromatic N) is 3. The molecule has 2 aromatic heterocycles. The highest BCUT2D eigenvalue weighted by Crippen LogP contribution is 2.38. The quantitative estimate of drug-likeness (QED) is 0.332. The van der Waals surface area contributed by atoms with Crippen molar-refractivity contribution in [2.45, 2.75) is 43.6 Å². The zero-order valence-electron chi connectivity index (χ0n) is 15.6. The van der Waals surface area contributed by atoms with Crippen molar-refractivity contribution in [1.82, 2.24) is 14.8 Å². The molecular formula is C21H21ClFN3S2. The maximum Gasteiger partial charge on any atom is 0.192 e. The van der Waals surface area contributed by atoms with E-state index in [-0.39, 0.29) is 5.82 Å². The Bertz CT molecular complexity index is 991. The highest BCUT2D eigenvalue weighted by atomic mass is 35.5. The van der Waals surface area contributed by atoms with Gasteiger partial charge in [-0.05, 0) is 42.9 Å². The van der Waals surface area contributed by atoms with E-state index in [2.05, 4.69) is 33.6 Å². The lowest BCUT2D eigenvalue weighted by Crippen LogP contribution is -2.10. The van der Waals surface area contributed by atoms with Gasteiger partial charge in [0.2, 0.25) is 0 Å². The van der Waals surface area contributed by atoms with Crippen LogP contribution in [0.1, 0.15) is 29.3 Å². The summed E-state index contributed by atoms with van der Waals surface area (Å²) < 4.78 is 16.2. The number of benzene rings is 1. The van der Waals surface area contributed by atoms with Crippen LogP contribution in [-0.2, 0) is 25.1 Å². The molecule has 3 aromatic rings. The van der Waals surface area contributed by atoms with Crippen molar-refractivity contribution in [2.24, 2.45) is 5.92 Å². The molecule has 0 fully saturated rings. The summed E-state index contributed by atoms with van der Waals surface area (Å²) >= 11 is 9.43. The lowest BCUT2D eigenvalue weighted by molar-refractivity contribution is 0.508. The summed E-state index contributed by atoms with van der Waals surface area (Å²) in [5, 5.41) is 12.3. The number of hydrogen-bond donors (Lipinski definition) is 0. The van der Waals surface area contributed by atoms with E-state index in [0.29, 0.717) is 22.9 Å². The van der Waals surface area contributed by atoms with E-state index in [1.807, 2.05) is 17.4 Å². The Balaban J connectivity index is 1.64. The van der Waals surface area contributed by atoms with Crippen LogP contribution in [0, 0.1) is 11.7 Å². The molecule has 0 saturated carbocycles. The largest absolute Gasteiger partial charge is 0.298 e. The maximum atomic E-state index is 14.1. The van der Waals surface area contributed by atoms with Crippen LogP contribution < -0.4 is 0 Å². The van der Waals surface area contributed by atoms with Gasteiger partial charge in [-0.25, -0.2) is 4.39 Å². The van der Waals surface area contributed by atoms with E-state index in [9.17, 15) is 4.39 Å². The van der Waals surface area contributed by atoms with E-state index in [1.165, 1.54) is 40.3 Å². The van der Waals surface area contributed by atoms with Crippen molar-refractivity contribution in [1.29, 1.82) is 0 Å². The number of allylic oxidation sites excluding steroid dienone is 1. The lowest BCUT2D eigenvalue weighted by atomic mass is 9.88. The topological polar surface area (TPSA) is 30.7 Å². The summed E-state index contributed by atoms with van der Waals surface area (Å²) in [6.07, 6.45) is 5.28. The number of rotatable bonds is 6. The van der Waals surface area contributed by atoms with Crippen molar-refractivity contribution in [3.8, 4) is 11.4 Å². The number of fused-ring (bicyclic) bond motifs is 1. The number of halogens is 2. The molecule has 1 aliphatic carbocycles. The third-order valence-corrected chi connectivity index (χ3v) is 7.48. The smallest absolute Gasteiger partial charge is 0.192 e. The Labute approximate surface area is 177 Å². The molecule has 0 amide bonds. The Morgan fingerprint density at radius 3 is 3.07 bits per heavy atom. The molecule has 0 radical (unpaired) electrons. The minimum absolute atomic E-state index is 0.295. The van der Waals surface area contributed by atoms with Gasteiger partial charge in [-0.1, -0.05) is 42.4 Å². The number of thioether (sulfide) groups is 1. The first-order valence-corrected chi connectivity index (χ1v) is 11.5. The van der Waals surface area contributed by atoms with E-state index >= 15 is 0 Å². The number of thiophene rings is 1.